The van der Waals surface area contributed by atoms with Gasteiger partial charge in [0.25, 0.3) is 5.91 Å². The van der Waals surface area contributed by atoms with Gasteiger partial charge in [-0.2, -0.15) is 0 Å². The summed E-state index contributed by atoms with van der Waals surface area (Å²) in [6.45, 7) is 1.76. The Bertz CT molecular complexity index is 808. The predicted molar refractivity (Wildman–Crippen MR) is 87.4 cm³/mol. The Morgan fingerprint density at radius 1 is 1.41 bits per heavy atom. The van der Waals surface area contributed by atoms with Crippen molar-refractivity contribution in [3.8, 4) is 0 Å². The molecule has 1 aromatic carbocycles. The molecular formula is C16H14ClNO3S. The molecule has 0 saturated heterocycles. The van der Waals surface area contributed by atoms with Crippen LogP contribution in [0.5, 0.6) is 0 Å². The van der Waals surface area contributed by atoms with Crippen molar-refractivity contribution in [2.45, 2.75) is 12.5 Å². The molecule has 0 aliphatic carbocycles. The Morgan fingerprint density at radius 2 is 2.23 bits per heavy atom. The number of furan rings is 1. The minimum atomic E-state index is -1.12. The molecule has 0 radical (unpaired) electrons. The number of thiophene rings is 1. The highest BCUT2D eigenvalue weighted by Gasteiger charge is 2.25. The summed E-state index contributed by atoms with van der Waals surface area (Å²) in [6.07, 6.45) is 0. The van der Waals surface area contributed by atoms with E-state index in [9.17, 15) is 9.90 Å². The Kier molecular flexibility index (Phi) is 3.95. The molecule has 1 amide bonds. The molecular weight excluding hydrogens is 322 g/mol. The molecule has 2 heterocycles. The van der Waals surface area contributed by atoms with Crippen LogP contribution in [0.25, 0.3) is 11.0 Å². The average molecular weight is 336 g/mol. The lowest BCUT2D eigenvalue weighted by molar-refractivity contribution is 0.0549. The molecule has 2 N–H and O–H groups in total. The van der Waals surface area contributed by atoms with E-state index in [0.29, 0.717) is 10.6 Å². The average Bonchev–Trinajstić information content (AvgIpc) is 3.14. The number of halogens is 1. The molecule has 6 heteroatoms. The lowest BCUT2D eigenvalue weighted by Gasteiger charge is -2.21. The maximum atomic E-state index is 12.2. The van der Waals surface area contributed by atoms with Crippen LogP contribution < -0.4 is 5.32 Å². The summed E-state index contributed by atoms with van der Waals surface area (Å²) in [4.78, 5) is 13.0. The summed E-state index contributed by atoms with van der Waals surface area (Å²) in [7, 11) is 0. The van der Waals surface area contributed by atoms with E-state index in [1.807, 2.05) is 23.6 Å². The first-order valence-electron chi connectivity index (χ1n) is 6.70. The van der Waals surface area contributed by atoms with E-state index in [1.165, 1.54) is 11.3 Å². The molecule has 114 valence electrons. The second-order valence-electron chi connectivity index (χ2n) is 5.20. The smallest absolute Gasteiger partial charge is 0.287 e. The van der Waals surface area contributed by atoms with Crippen molar-refractivity contribution in [1.82, 2.24) is 5.32 Å². The Labute approximate surface area is 136 Å². The van der Waals surface area contributed by atoms with Crippen molar-refractivity contribution in [2.24, 2.45) is 0 Å². The highest BCUT2D eigenvalue weighted by molar-refractivity contribution is 7.10. The number of rotatable bonds is 4. The second-order valence-corrected chi connectivity index (χ2v) is 6.56. The molecule has 3 aromatic rings. The van der Waals surface area contributed by atoms with Crippen molar-refractivity contribution < 1.29 is 14.3 Å². The van der Waals surface area contributed by atoms with Crippen LogP contribution in [0.1, 0.15) is 22.4 Å². The standard InChI is InChI=1S/C16H14ClNO3S/c1-16(20,13-6-3-7-22-13)9-18-15(19)12-8-10-4-2-5-11(17)14(10)21-12/h2-8,20H,9H2,1H3,(H,18,19). The van der Waals surface area contributed by atoms with Gasteiger partial charge in [-0.15, -0.1) is 11.3 Å². The van der Waals surface area contributed by atoms with Gasteiger partial charge < -0.3 is 14.8 Å². The number of benzene rings is 1. The number of amides is 1. The molecule has 2 aromatic heterocycles. The van der Waals surface area contributed by atoms with Crippen LogP contribution in [0.3, 0.4) is 0 Å². The molecule has 1 atom stereocenters. The van der Waals surface area contributed by atoms with Gasteiger partial charge in [0, 0.05) is 10.3 Å². The van der Waals surface area contributed by atoms with Crippen LogP contribution in [-0.2, 0) is 5.60 Å². The Morgan fingerprint density at radius 3 is 2.91 bits per heavy atom. The molecule has 4 nitrogen and oxygen atoms in total. The maximum absolute atomic E-state index is 12.2. The molecule has 0 aliphatic heterocycles. The van der Waals surface area contributed by atoms with E-state index in [1.54, 1.807) is 25.1 Å². The van der Waals surface area contributed by atoms with Gasteiger partial charge in [-0.25, -0.2) is 0 Å². The lowest BCUT2D eigenvalue weighted by atomic mass is 10.1. The van der Waals surface area contributed by atoms with Gasteiger partial charge in [-0.3, -0.25) is 4.79 Å². The SMILES string of the molecule is CC(O)(CNC(=O)c1cc2cccc(Cl)c2o1)c1cccs1. The summed E-state index contributed by atoms with van der Waals surface area (Å²) in [5.74, 6) is -0.214. The topological polar surface area (TPSA) is 62.5 Å². The highest BCUT2D eigenvalue weighted by atomic mass is 35.5. The summed E-state index contributed by atoms with van der Waals surface area (Å²) >= 11 is 7.47. The lowest BCUT2D eigenvalue weighted by Crippen LogP contribution is -2.37. The number of fused-ring (bicyclic) bond motifs is 1. The predicted octanol–water partition coefficient (Wildman–Crippen LogP) is 3.79. The van der Waals surface area contributed by atoms with E-state index < -0.39 is 5.60 Å². The van der Waals surface area contributed by atoms with Crippen LogP contribution >= 0.6 is 22.9 Å². The van der Waals surface area contributed by atoms with E-state index in [2.05, 4.69) is 5.32 Å². The number of carbonyl (C=O) groups is 1. The van der Waals surface area contributed by atoms with Gasteiger partial charge in [-0.05, 0) is 30.5 Å². The Balaban J connectivity index is 1.75. The summed E-state index contributed by atoms with van der Waals surface area (Å²) in [5.41, 5.74) is -0.632. The van der Waals surface area contributed by atoms with E-state index in [-0.39, 0.29) is 18.2 Å². The largest absolute Gasteiger partial charge is 0.449 e. The molecule has 0 spiro atoms. The first-order valence-corrected chi connectivity index (χ1v) is 7.96. The van der Waals surface area contributed by atoms with Crippen LogP contribution in [-0.4, -0.2) is 17.6 Å². The minimum Gasteiger partial charge on any atom is -0.449 e. The van der Waals surface area contributed by atoms with E-state index in [4.69, 9.17) is 16.0 Å². The third-order valence-electron chi connectivity index (χ3n) is 3.37. The second kappa shape index (κ2) is 5.76. The monoisotopic (exact) mass is 335 g/mol. The highest BCUT2D eigenvalue weighted by Crippen LogP contribution is 2.27. The van der Waals surface area contributed by atoms with Gasteiger partial charge >= 0.3 is 0 Å². The molecule has 22 heavy (non-hydrogen) atoms. The van der Waals surface area contributed by atoms with Crippen LogP contribution in [0.2, 0.25) is 5.02 Å². The number of hydrogen-bond acceptors (Lipinski definition) is 4. The molecule has 1 unspecified atom stereocenters. The van der Waals surface area contributed by atoms with Gasteiger partial charge in [0.05, 0.1) is 11.6 Å². The summed E-state index contributed by atoms with van der Waals surface area (Å²) in [5, 5.41) is 16.2. The zero-order valence-corrected chi connectivity index (χ0v) is 13.4. The van der Waals surface area contributed by atoms with Gasteiger partial charge in [0.1, 0.15) is 5.60 Å². The van der Waals surface area contributed by atoms with E-state index >= 15 is 0 Å². The van der Waals surface area contributed by atoms with Crippen LogP contribution in [0.15, 0.2) is 46.2 Å². The van der Waals surface area contributed by atoms with Gasteiger partial charge in [0.2, 0.25) is 0 Å². The molecule has 0 fully saturated rings. The van der Waals surface area contributed by atoms with E-state index in [0.717, 1.165) is 10.3 Å². The third-order valence-corrected chi connectivity index (χ3v) is 4.79. The normalized spacial score (nSPS) is 14.0. The summed E-state index contributed by atoms with van der Waals surface area (Å²) < 4.78 is 5.49. The van der Waals surface area contributed by atoms with Crippen molar-refractivity contribution in [3.05, 3.63) is 57.4 Å². The number of carbonyl (C=O) groups excluding carboxylic acids is 1. The Hall–Kier alpha value is -1.82. The number of aliphatic hydroxyl groups is 1. The third kappa shape index (κ3) is 2.88. The first-order chi connectivity index (χ1) is 10.5. The number of nitrogens with one attached hydrogen (secondary N) is 1. The van der Waals surface area contributed by atoms with Crippen molar-refractivity contribution in [2.75, 3.05) is 6.54 Å². The molecule has 0 bridgehead atoms. The quantitative estimate of drug-likeness (QED) is 0.762. The molecule has 3 rings (SSSR count). The van der Waals surface area contributed by atoms with Crippen LogP contribution in [0.4, 0.5) is 0 Å². The zero-order chi connectivity index (χ0) is 15.7. The molecule has 0 saturated carbocycles. The van der Waals surface area contributed by atoms with Crippen molar-refractivity contribution in [1.29, 1.82) is 0 Å². The summed E-state index contributed by atoms with van der Waals surface area (Å²) in [6, 6.07) is 10.6. The van der Waals surface area contributed by atoms with Crippen LogP contribution in [0, 0.1) is 0 Å². The fourth-order valence-corrected chi connectivity index (χ4v) is 3.16. The fraction of sp³-hybridized carbons (Fsp3) is 0.188. The van der Waals surface area contributed by atoms with Gasteiger partial charge in [0.15, 0.2) is 11.3 Å². The minimum absolute atomic E-state index is 0.0944. The number of para-hydroxylation sites is 1. The first kappa shape index (κ1) is 15.1. The maximum Gasteiger partial charge on any atom is 0.287 e. The van der Waals surface area contributed by atoms with Gasteiger partial charge in [-0.1, -0.05) is 29.8 Å². The fourth-order valence-electron chi connectivity index (χ4n) is 2.15. The number of hydrogen-bond donors (Lipinski definition) is 2. The van der Waals surface area contributed by atoms with Crippen molar-refractivity contribution in [3.63, 3.8) is 0 Å². The molecule has 0 aliphatic rings. The zero-order valence-electron chi connectivity index (χ0n) is 11.8. The van der Waals surface area contributed by atoms with Crippen molar-refractivity contribution >= 4 is 39.8 Å².